The summed E-state index contributed by atoms with van der Waals surface area (Å²) in [6.45, 7) is 1.87. The molecule has 0 fully saturated rings. The highest BCUT2D eigenvalue weighted by atomic mass is 79.9. The molecule has 0 unspecified atom stereocenters. The standard InChI is InChI=1S/C14H11BrN2O/c1-9-13(10-3-5-12(15)6-4-10)7-11(8-16)14(18)17(9)2/h3-7H,1-2H3. The quantitative estimate of drug-likeness (QED) is 0.813. The molecule has 0 amide bonds. The SMILES string of the molecule is Cc1c(-c2ccc(Br)cc2)cc(C#N)c(=O)n1C. The number of halogens is 1. The van der Waals surface area contributed by atoms with Crippen LogP contribution in [0.1, 0.15) is 11.3 Å². The fourth-order valence-electron chi connectivity index (χ4n) is 1.83. The number of hydrogen-bond donors (Lipinski definition) is 0. The van der Waals surface area contributed by atoms with Crippen LogP contribution in [0.5, 0.6) is 0 Å². The monoisotopic (exact) mass is 302 g/mol. The van der Waals surface area contributed by atoms with Crippen molar-refractivity contribution >= 4 is 15.9 Å². The minimum atomic E-state index is -0.254. The van der Waals surface area contributed by atoms with E-state index in [1.165, 1.54) is 4.57 Å². The van der Waals surface area contributed by atoms with Crippen LogP contribution in [0.3, 0.4) is 0 Å². The second-order valence-electron chi connectivity index (χ2n) is 4.04. The third-order valence-electron chi connectivity index (χ3n) is 2.99. The van der Waals surface area contributed by atoms with Crippen molar-refractivity contribution in [1.29, 1.82) is 5.26 Å². The van der Waals surface area contributed by atoms with E-state index in [4.69, 9.17) is 5.26 Å². The number of aromatic nitrogens is 1. The van der Waals surface area contributed by atoms with Crippen molar-refractivity contribution in [1.82, 2.24) is 4.57 Å². The van der Waals surface area contributed by atoms with E-state index in [-0.39, 0.29) is 11.1 Å². The molecule has 0 saturated carbocycles. The Morgan fingerprint density at radius 3 is 2.44 bits per heavy atom. The van der Waals surface area contributed by atoms with Crippen LogP contribution in [0, 0.1) is 18.3 Å². The molecule has 0 aliphatic carbocycles. The first-order chi connectivity index (χ1) is 8.54. The first-order valence-corrected chi connectivity index (χ1v) is 6.20. The number of nitrogens with zero attached hydrogens (tertiary/aromatic N) is 2. The maximum atomic E-state index is 11.8. The maximum Gasteiger partial charge on any atom is 0.268 e. The van der Waals surface area contributed by atoms with Gasteiger partial charge < -0.3 is 4.57 Å². The van der Waals surface area contributed by atoms with Crippen molar-refractivity contribution in [3.05, 3.63) is 56.4 Å². The summed E-state index contributed by atoms with van der Waals surface area (Å²) in [5.74, 6) is 0. The van der Waals surface area contributed by atoms with Crippen LogP contribution in [0.15, 0.2) is 39.6 Å². The van der Waals surface area contributed by atoms with Gasteiger partial charge >= 0.3 is 0 Å². The van der Waals surface area contributed by atoms with Gasteiger partial charge in [-0.05, 0) is 30.7 Å². The molecule has 0 aliphatic rings. The van der Waals surface area contributed by atoms with E-state index in [9.17, 15) is 4.79 Å². The van der Waals surface area contributed by atoms with Gasteiger partial charge in [-0.2, -0.15) is 5.26 Å². The lowest BCUT2D eigenvalue weighted by Crippen LogP contribution is -2.22. The molecule has 1 aromatic carbocycles. The zero-order valence-corrected chi connectivity index (χ0v) is 11.7. The Labute approximate surface area is 113 Å². The van der Waals surface area contributed by atoms with Crippen LogP contribution in [-0.4, -0.2) is 4.57 Å². The van der Waals surface area contributed by atoms with Gasteiger partial charge in [0.1, 0.15) is 11.6 Å². The van der Waals surface area contributed by atoms with E-state index >= 15 is 0 Å². The van der Waals surface area contributed by atoms with Crippen molar-refractivity contribution in [3.8, 4) is 17.2 Å². The maximum absolute atomic E-state index is 11.8. The first kappa shape index (κ1) is 12.6. The summed E-state index contributed by atoms with van der Waals surface area (Å²) >= 11 is 3.38. The van der Waals surface area contributed by atoms with E-state index in [1.807, 2.05) is 37.3 Å². The van der Waals surface area contributed by atoms with E-state index < -0.39 is 0 Å². The van der Waals surface area contributed by atoms with Gasteiger partial charge in [-0.25, -0.2) is 0 Å². The lowest BCUT2D eigenvalue weighted by Gasteiger charge is -2.11. The van der Waals surface area contributed by atoms with Crippen molar-refractivity contribution in [2.75, 3.05) is 0 Å². The average molecular weight is 303 g/mol. The smallest absolute Gasteiger partial charge is 0.268 e. The van der Waals surface area contributed by atoms with Gasteiger partial charge in [0, 0.05) is 22.8 Å². The van der Waals surface area contributed by atoms with Crippen molar-refractivity contribution in [3.63, 3.8) is 0 Å². The summed E-state index contributed by atoms with van der Waals surface area (Å²) in [6.07, 6.45) is 0. The lowest BCUT2D eigenvalue weighted by molar-refractivity contribution is 0.817. The number of pyridine rings is 1. The van der Waals surface area contributed by atoms with Crippen molar-refractivity contribution < 1.29 is 0 Å². The fourth-order valence-corrected chi connectivity index (χ4v) is 2.09. The fraction of sp³-hybridized carbons (Fsp3) is 0.143. The predicted octanol–water partition coefficient (Wildman–Crippen LogP) is 2.99. The number of nitriles is 1. The van der Waals surface area contributed by atoms with Gasteiger partial charge in [-0.15, -0.1) is 0 Å². The van der Waals surface area contributed by atoms with E-state index in [2.05, 4.69) is 15.9 Å². The highest BCUT2D eigenvalue weighted by Gasteiger charge is 2.10. The molecule has 0 bridgehead atoms. The molecule has 0 aliphatic heterocycles. The molecule has 2 rings (SSSR count). The van der Waals surface area contributed by atoms with Gasteiger partial charge in [0.15, 0.2) is 0 Å². The molecule has 1 heterocycles. The third-order valence-corrected chi connectivity index (χ3v) is 3.52. The summed E-state index contributed by atoms with van der Waals surface area (Å²) < 4.78 is 2.50. The largest absolute Gasteiger partial charge is 0.314 e. The van der Waals surface area contributed by atoms with E-state index in [1.54, 1.807) is 13.1 Å². The third kappa shape index (κ3) is 2.09. The average Bonchev–Trinajstić information content (AvgIpc) is 2.38. The van der Waals surface area contributed by atoms with Crippen LogP contribution >= 0.6 is 15.9 Å². The normalized spacial score (nSPS) is 10.1. The zero-order chi connectivity index (χ0) is 13.3. The molecule has 4 heteroatoms. The Hall–Kier alpha value is -1.86. The second-order valence-corrected chi connectivity index (χ2v) is 4.96. The minimum Gasteiger partial charge on any atom is -0.314 e. The van der Waals surface area contributed by atoms with Gasteiger partial charge in [-0.1, -0.05) is 28.1 Å². The molecule has 3 nitrogen and oxygen atoms in total. The van der Waals surface area contributed by atoms with E-state index in [0.29, 0.717) is 0 Å². The summed E-state index contributed by atoms with van der Waals surface area (Å²) in [7, 11) is 1.68. The topological polar surface area (TPSA) is 45.8 Å². The van der Waals surface area contributed by atoms with Crippen LogP contribution in [0.4, 0.5) is 0 Å². The molecule has 18 heavy (non-hydrogen) atoms. The number of hydrogen-bond acceptors (Lipinski definition) is 2. The molecular formula is C14H11BrN2O. The second kappa shape index (κ2) is 4.79. The molecule has 1 aromatic heterocycles. The Balaban J connectivity index is 2.73. The summed E-state index contributed by atoms with van der Waals surface area (Å²) in [6, 6.07) is 11.4. The number of benzene rings is 1. The number of rotatable bonds is 1. The Morgan fingerprint density at radius 1 is 1.28 bits per heavy atom. The minimum absolute atomic E-state index is 0.168. The Kier molecular flexibility index (Phi) is 3.35. The van der Waals surface area contributed by atoms with Gasteiger partial charge in [0.2, 0.25) is 0 Å². The molecule has 0 atom stereocenters. The molecule has 90 valence electrons. The predicted molar refractivity (Wildman–Crippen MR) is 74.3 cm³/mol. The van der Waals surface area contributed by atoms with E-state index in [0.717, 1.165) is 21.3 Å². The van der Waals surface area contributed by atoms with Crippen LogP contribution in [-0.2, 0) is 7.05 Å². The molecule has 0 spiro atoms. The molecule has 0 N–H and O–H groups in total. The van der Waals surface area contributed by atoms with Crippen molar-refractivity contribution in [2.24, 2.45) is 7.05 Å². The van der Waals surface area contributed by atoms with Gasteiger partial charge in [0.25, 0.3) is 5.56 Å². The summed E-state index contributed by atoms with van der Waals surface area (Å²) in [4.78, 5) is 11.8. The highest BCUT2D eigenvalue weighted by Crippen LogP contribution is 2.24. The highest BCUT2D eigenvalue weighted by molar-refractivity contribution is 9.10. The first-order valence-electron chi connectivity index (χ1n) is 5.41. The van der Waals surface area contributed by atoms with Gasteiger partial charge in [0.05, 0.1) is 0 Å². The van der Waals surface area contributed by atoms with Gasteiger partial charge in [-0.3, -0.25) is 4.79 Å². The zero-order valence-electron chi connectivity index (χ0n) is 10.1. The molecule has 0 saturated heterocycles. The lowest BCUT2D eigenvalue weighted by atomic mass is 10.0. The van der Waals surface area contributed by atoms with Crippen LogP contribution < -0.4 is 5.56 Å². The summed E-state index contributed by atoms with van der Waals surface area (Å²) in [5.41, 5.74) is 2.65. The molecule has 0 radical (unpaired) electrons. The molecular weight excluding hydrogens is 292 g/mol. The van der Waals surface area contributed by atoms with Crippen LogP contribution in [0.2, 0.25) is 0 Å². The Morgan fingerprint density at radius 2 is 1.89 bits per heavy atom. The Bertz CT molecular complexity index is 693. The van der Waals surface area contributed by atoms with Crippen LogP contribution in [0.25, 0.3) is 11.1 Å². The van der Waals surface area contributed by atoms with Crippen molar-refractivity contribution in [2.45, 2.75) is 6.92 Å². The summed E-state index contributed by atoms with van der Waals surface area (Å²) in [5, 5.41) is 8.98. The molecule has 2 aromatic rings.